The third kappa shape index (κ3) is 6.25. The highest BCUT2D eigenvalue weighted by Crippen LogP contribution is 2.39. The molecule has 2 N–H and O–H groups in total. The van der Waals surface area contributed by atoms with E-state index in [4.69, 9.17) is 0 Å². The molecule has 1 aliphatic carbocycles. The number of nitrogens with zero attached hydrogens (tertiary/aromatic N) is 3. The molecule has 3 heterocycles. The van der Waals surface area contributed by atoms with Crippen molar-refractivity contribution in [3.63, 3.8) is 0 Å². The Morgan fingerprint density at radius 3 is 2.43 bits per heavy atom. The topological polar surface area (TPSA) is 104 Å². The van der Waals surface area contributed by atoms with Crippen LogP contribution < -0.4 is 14.9 Å². The summed E-state index contributed by atoms with van der Waals surface area (Å²) >= 11 is 0. The van der Waals surface area contributed by atoms with Crippen LogP contribution >= 0.6 is 0 Å². The first-order valence-electron chi connectivity index (χ1n) is 13.3. The van der Waals surface area contributed by atoms with Crippen molar-refractivity contribution in [2.24, 2.45) is 17.3 Å². The van der Waals surface area contributed by atoms with Crippen molar-refractivity contribution >= 4 is 27.6 Å². The van der Waals surface area contributed by atoms with E-state index in [2.05, 4.69) is 66.4 Å². The largest absolute Gasteiger partial charge is 0.367 e. The van der Waals surface area contributed by atoms with Gasteiger partial charge in [-0.2, -0.15) is 8.42 Å². The van der Waals surface area contributed by atoms with Gasteiger partial charge in [0.25, 0.3) is 15.9 Å². The first-order chi connectivity index (χ1) is 17.3. The molecule has 4 rings (SSSR count). The van der Waals surface area contributed by atoms with Gasteiger partial charge in [0, 0.05) is 25.7 Å². The fourth-order valence-corrected chi connectivity index (χ4v) is 6.87. The third-order valence-electron chi connectivity index (χ3n) is 7.89. The summed E-state index contributed by atoms with van der Waals surface area (Å²) in [6, 6.07) is 8.35. The molecule has 1 aliphatic heterocycles. The van der Waals surface area contributed by atoms with Crippen LogP contribution in [0.2, 0.25) is 0 Å². The highest BCUT2D eigenvalue weighted by atomic mass is 32.2. The molecule has 0 radical (unpaired) electrons. The number of carbonyl (C=O) groups excluding carboxylic acids is 1. The van der Waals surface area contributed by atoms with Crippen molar-refractivity contribution < 1.29 is 14.6 Å². The van der Waals surface area contributed by atoms with E-state index in [0.717, 1.165) is 38.6 Å². The lowest BCUT2D eigenvalue weighted by Gasteiger charge is -2.37. The van der Waals surface area contributed by atoms with Gasteiger partial charge < -0.3 is 10.2 Å². The number of amides is 1. The lowest BCUT2D eigenvalue weighted by molar-refractivity contribution is 0.0981. The van der Waals surface area contributed by atoms with Crippen LogP contribution in [0.4, 0.5) is 11.6 Å². The summed E-state index contributed by atoms with van der Waals surface area (Å²) in [5.41, 5.74) is 0.347. The normalized spacial score (nSPS) is 24.1. The molecule has 2 fully saturated rings. The molecule has 9 heteroatoms. The summed E-state index contributed by atoms with van der Waals surface area (Å²) in [5, 5.41) is 3.22. The van der Waals surface area contributed by atoms with E-state index in [1.807, 2.05) is 0 Å². The summed E-state index contributed by atoms with van der Waals surface area (Å²) < 4.78 is 28.6. The number of pyridine rings is 2. The molecule has 1 saturated heterocycles. The van der Waals surface area contributed by atoms with E-state index in [1.54, 1.807) is 30.5 Å². The van der Waals surface area contributed by atoms with Crippen LogP contribution in [0, 0.1) is 17.3 Å². The smallest absolute Gasteiger partial charge is 0.281 e. The molecule has 1 amide bonds. The van der Waals surface area contributed by atoms with E-state index in [0.29, 0.717) is 28.9 Å². The van der Waals surface area contributed by atoms with Crippen molar-refractivity contribution in [3.05, 3.63) is 42.1 Å². The Morgan fingerprint density at radius 1 is 1.11 bits per heavy atom. The SMILES string of the molecule is CC1CN(c2ncccc2C(=O)NS(=O)(=O)c2cccc(NC3CCC(C(C)(C)C)CC3)n2)C(C)(C)C1.[HH]. The fraction of sp³-hybridized carbons (Fsp3) is 0.607. The first kappa shape index (κ1) is 27.4. The predicted molar refractivity (Wildman–Crippen MR) is 149 cm³/mol. The monoisotopic (exact) mass is 529 g/mol. The average Bonchev–Trinajstić information content (AvgIpc) is 3.10. The van der Waals surface area contributed by atoms with Gasteiger partial charge in [-0.15, -0.1) is 0 Å². The van der Waals surface area contributed by atoms with Crippen molar-refractivity contribution in [3.8, 4) is 0 Å². The van der Waals surface area contributed by atoms with Crippen LogP contribution in [0.5, 0.6) is 0 Å². The van der Waals surface area contributed by atoms with E-state index in [9.17, 15) is 13.2 Å². The van der Waals surface area contributed by atoms with Crippen LogP contribution in [0.25, 0.3) is 0 Å². The molecule has 0 spiro atoms. The maximum Gasteiger partial charge on any atom is 0.281 e. The molecule has 2 aromatic heterocycles. The lowest BCUT2D eigenvalue weighted by atomic mass is 9.71. The summed E-state index contributed by atoms with van der Waals surface area (Å²) in [6.07, 6.45) is 6.90. The first-order valence-corrected chi connectivity index (χ1v) is 14.8. The Kier molecular flexibility index (Phi) is 7.57. The zero-order valence-corrected chi connectivity index (χ0v) is 23.7. The lowest BCUT2D eigenvalue weighted by Crippen LogP contribution is -2.41. The van der Waals surface area contributed by atoms with Crippen LogP contribution in [0.3, 0.4) is 0 Å². The second kappa shape index (κ2) is 10.2. The Hall–Kier alpha value is -2.68. The van der Waals surface area contributed by atoms with Crippen LogP contribution in [0.1, 0.15) is 85.4 Å². The van der Waals surface area contributed by atoms with Gasteiger partial charge in [0.15, 0.2) is 5.03 Å². The second-order valence-corrected chi connectivity index (χ2v) is 14.1. The fourth-order valence-electron chi connectivity index (χ4n) is 5.94. The Morgan fingerprint density at radius 2 is 1.81 bits per heavy atom. The summed E-state index contributed by atoms with van der Waals surface area (Å²) in [5.74, 6) is 1.43. The molecule has 37 heavy (non-hydrogen) atoms. The zero-order chi connectivity index (χ0) is 27.0. The Bertz CT molecular complexity index is 1240. The number of sulfonamides is 1. The average molecular weight is 530 g/mol. The van der Waals surface area contributed by atoms with Crippen LogP contribution in [-0.4, -0.2) is 42.4 Å². The molecule has 2 aliphatic rings. The van der Waals surface area contributed by atoms with E-state index < -0.39 is 15.9 Å². The molecule has 8 nitrogen and oxygen atoms in total. The summed E-state index contributed by atoms with van der Waals surface area (Å²) in [7, 11) is -4.18. The molecule has 204 valence electrons. The van der Waals surface area contributed by atoms with Crippen molar-refractivity contribution in [2.45, 2.75) is 90.3 Å². The molecule has 0 bridgehead atoms. The van der Waals surface area contributed by atoms with Gasteiger partial charge in [-0.3, -0.25) is 4.79 Å². The number of rotatable bonds is 6. The minimum absolute atomic E-state index is 0. The standard InChI is InChI=1S/C28H41N5O3S.H2/c1-19-17-28(5,6)33(18-19)25-22(9-8-16-29-25)26(34)32-37(35,36)24-11-7-10-23(31-24)30-21-14-12-20(13-15-21)27(2,3)4;/h7-11,16,19-21H,12-15,17-18H2,1-6H3,(H,30,31)(H,32,34);1H. The highest BCUT2D eigenvalue weighted by Gasteiger charge is 2.39. The van der Waals surface area contributed by atoms with Crippen LogP contribution in [-0.2, 0) is 10.0 Å². The van der Waals surface area contributed by atoms with Gasteiger partial charge in [0.2, 0.25) is 0 Å². The highest BCUT2D eigenvalue weighted by molar-refractivity contribution is 7.90. The maximum atomic E-state index is 13.2. The van der Waals surface area contributed by atoms with Crippen molar-refractivity contribution in [1.29, 1.82) is 0 Å². The van der Waals surface area contributed by atoms with Crippen molar-refractivity contribution in [2.75, 3.05) is 16.8 Å². The Labute approximate surface area is 223 Å². The van der Waals surface area contributed by atoms with Gasteiger partial charge in [-0.1, -0.05) is 33.8 Å². The van der Waals surface area contributed by atoms with Gasteiger partial charge in [0.1, 0.15) is 11.6 Å². The van der Waals surface area contributed by atoms with Gasteiger partial charge in [-0.25, -0.2) is 14.7 Å². The maximum absolute atomic E-state index is 13.2. The van der Waals surface area contributed by atoms with Crippen LogP contribution in [0.15, 0.2) is 41.6 Å². The number of nitrogens with one attached hydrogen (secondary N) is 2. The molecular weight excluding hydrogens is 486 g/mol. The third-order valence-corrected chi connectivity index (χ3v) is 9.12. The molecular formula is C28H43N5O3S. The molecule has 1 atom stereocenters. The van der Waals surface area contributed by atoms with Gasteiger partial charge in [-0.05, 0) is 87.5 Å². The minimum Gasteiger partial charge on any atom is -0.367 e. The Balaban J connectivity index is 0.00000400. The quantitative estimate of drug-likeness (QED) is 0.510. The summed E-state index contributed by atoms with van der Waals surface area (Å²) in [6.45, 7) is 14.0. The zero-order valence-electron chi connectivity index (χ0n) is 22.9. The minimum atomic E-state index is -4.18. The molecule has 2 aromatic rings. The number of aromatic nitrogens is 2. The van der Waals surface area contributed by atoms with E-state index in [-0.39, 0.29) is 23.6 Å². The number of hydrogen-bond acceptors (Lipinski definition) is 7. The predicted octanol–water partition coefficient (Wildman–Crippen LogP) is 5.48. The van der Waals surface area contributed by atoms with Crippen molar-refractivity contribution in [1.82, 2.24) is 14.7 Å². The van der Waals surface area contributed by atoms with Gasteiger partial charge in [0.05, 0.1) is 5.56 Å². The number of hydrogen-bond donors (Lipinski definition) is 2. The number of anilines is 2. The number of carbonyl (C=O) groups is 1. The molecule has 1 unspecified atom stereocenters. The molecule has 1 saturated carbocycles. The van der Waals surface area contributed by atoms with Gasteiger partial charge >= 0.3 is 0 Å². The van der Waals surface area contributed by atoms with E-state index in [1.165, 1.54) is 6.07 Å². The second-order valence-electron chi connectivity index (χ2n) is 12.5. The summed E-state index contributed by atoms with van der Waals surface area (Å²) in [4.78, 5) is 24.1. The van der Waals surface area contributed by atoms with E-state index >= 15 is 0 Å². The molecule has 0 aromatic carbocycles.